The fourth-order valence-electron chi connectivity index (χ4n) is 2.20. The van der Waals surface area contributed by atoms with E-state index in [2.05, 4.69) is 15.0 Å². The van der Waals surface area contributed by atoms with Crippen molar-refractivity contribution in [1.29, 1.82) is 0 Å². The van der Waals surface area contributed by atoms with Crippen LogP contribution in [0.2, 0.25) is 0 Å². The van der Waals surface area contributed by atoms with Crippen LogP contribution in [0.5, 0.6) is 17.2 Å². The summed E-state index contributed by atoms with van der Waals surface area (Å²) in [6, 6.07) is 5.58. The summed E-state index contributed by atoms with van der Waals surface area (Å²) in [6.45, 7) is 0. The highest BCUT2D eigenvalue weighted by Crippen LogP contribution is 2.40. The number of hydrogen-bond acceptors (Lipinski definition) is 5. The predicted octanol–water partition coefficient (Wildman–Crippen LogP) is 2.65. The number of rotatable bonds is 4. The van der Waals surface area contributed by atoms with Gasteiger partial charge in [-0.2, -0.15) is 0 Å². The number of aromatic amines is 1. The van der Waals surface area contributed by atoms with Crippen LogP contribution in [0.4, 0.5) is 0 Å². The maximum atomic E-state index is 5.35. The van der Waals surface area contributed by atoms with Gasteiger partial charge in [0.05, 0.1) is 33.2 Å². The maximum absolute atomic E-state index is 5.35. The Kier molecular flexibility index (Phi) is 3.35. The lowest BCUT2D eigenvalue weighted by molar-refractivity contribution is 0.324. The molecule has 108 valence electrons. The van der Waals surface area contributed by atoms with Gasteiger partial charge in [0, 0.05) is 11.8 Å². The van der Waals surface area contributed by atoms with Crippen LogP contribution in [0.25, 0.3) is 22.4 Å². The monoisotopic (exact) mass is 285 g/mol. The number of benzene rings is 1. The minimum atomic E-state index is 0.555. The number of nitrogens with one attached hydrogen (secondary N) is 1. The average molecular weight is 285 g/mol. The first kappa shape index (κ1) is 13.2. The van der Waals surface area contributed by atoms with Crippen molar-refractivity contribution >= 4 is 11.2 Å². The van der Waals surface area contributed by atoms with Crippen LogP contribution in [0, 0.1) is 0 Å². The van der Waals surface area contributed by atoms with Crippen molar-refractivity contribution in [3.8, 4) is 28.5 Å². The highest BCUT2D eigenvalue weighted by molar-refractivity contribution is 5.75. The Labute approximate surface area is 121 Å². The topological polar surface area (TPSA) is 69.3 Å². The molecule has 3 aromatic rings. The molecule has 6 heteroatoms. The van der Waals surface area contributed by atoms with E-state index in [4.69, 9.17) is 14.2 Å². The molecular formula is C15H15N3O3. The Balaban J connectivity index is 2.16. The normalized spacial score (nSPS) is 10.6. The molecule has 0 aliphatic carbocycles. The van der Waals surface area contributed by atoms with Gasteiger partial charge in [-0.25, -0.2) is 9.97 Å². The standard InChI is InChI=1S/C15H15N3O3/c1-19-12-6-9(7-13(20-2)14(12)21-3)11-8-17-15-10(18-11)4-5-16-15/h4-8H,1-3H3,(H,16,17). The van der Waals surface area contributed by atoms with E-state index in [1.165, 1.54) is 0 Å². The molecule has 1 aromatic carbocycles. The van der Waals surface area contributed by atoms with E-state index in [9.17, 15) is 0 Å². The summed E-state index contributed by atoms with van der Waals surface area (Å²) >= 11 is 0. The fourth-order valence-corrected chi connectivity index (χ4v) is 2.20. The lowest BCUT2D eigenvalue weighted by Crippen LogP contribution is -1.96. The van der Waals surface area contributed by atoms with Gasteiger partial charge in [0.1, 0.15) is 5.52 Å². The Morgan fingerprint density at radius 3 is 2.33 bits per heavy atom. The van der Waals surface area contributed by atoms with Gasteiger partial charge >= 0.3 is 0 Å². The van der Waals surface area contributed by atoms with E-state index in [-0.39, 0.29) is 0 Å². The largest absolute Gasteiger partial charge is 0.493 e. The lowest BCUT2D eigenvalue weighted by Gasteiger charge is -2.13. The van der Waals surface area contributed by atoms with Gasteiger partial charge in [-0.05, 0) is 18.2 Å². The smallest absolute Gasteiger partial charge is 0.203 e. The van der Waals surface area contributed by atoms with Crippen molar-refractivity contribution in [3.05, 3.63) is 30.6 Å². The molecule has 0 amide bonds. The predicted molar refractivity (Wildman–Crippen MR) is 79.0 cm³/mol. The van der Waals surface area contributed by atoms with Crippen LogP contribution >= 0.6 is 0 Å². The molecule has 0 radical (unpaired) electrons. The van der Waals surface area contributed by atoms with E-state index < -0.39 is 0 Å². The zero-order valence-corrected chi connectivity index (χ0v) is 12.0. The highest BCUT2D eigenvalue weighted by atomic mass is 16.5. The minimum absolute atomic E-state index is 0.555. The Bertz CT molecular complexity index is 758. The summed E-state index contributed by atoms with van der Waals surface area (Å²) < 4.78 is 16.0. The number of fused-ring (bicyclic) bond motifs is 1. The quantitative estimate of drug-likeness (QED) is 0.798. The average Bonchev–Trinajstić information content (AvgIpc) is 3.00. The second-order valence-corrected chi connectivity index (χ2v) is 4.38. The fraction of sp³-hybridized carbons (Fsp3) is 0.200. The molecule has 0 atom stereocenters. The summed E-state index contributed by atoms with van der Waals surface area (Å²) in [5, 5.41) is 0. The van der Waals surface area contributed by atoms with Gasteiger partial charge in [-0.1, -0.05) is 0 Å². The molecule has 0 saturated carbocycles. The third kappa shape index (κ3) is 2.24. The first-order valence-electron chi connectivity index (χ1n) is 6.37. The van der Waals surface area contributed by atoms with Gasteiger partial charge in [-0.15, -0.1) is 0 Å². The third-order valence-electron chi connectivity index (χ3n) is 3.22. The van der Waals surface area contributed by atoms with Crippen LogP contribution in [-0.2, 0) is 0 Å². The van der Waals surface area contributed by atoms with Crippen molar-refractivity contribution in [2.45, 2.75) is 0 Å². The van der Waals surface area contributed by atoms with Crippen LogP contribution in [0.3, 0.4) is 0 Å². The van der Waals surface area contributed by atoms with Gasteiger partial charge in [0.2, 0.25) is 5.75 Å². The van der Waals surface area contributed by atoms with E-state index >= 15 is 0 Å². The molecule has 0 fully saturated rings. The Morgan fingerprint density at radius 1 is 1.00 bits per heavy atom. The zero-order chi connectivity index (χ0) is 14.8. The SMILES string of the molecule is COc1cc(-c2cnc3[nH]ccc3n2)cc(OC)c1OC. The van der Waals surface area contributed by atoms with Crippen molar-refractivity contribution < 1.29 is 14.2 Å². The highest BCUT2D eigenvalue weighted by Gasteiger charge is 2.15. The molecular weight excluding hydrogens is 270 g/mol. The second kappa shape index (κ2) is 5.32. The first-order valence-corrected chi connectivity index (χ1v) is 6.37. The van der Waals surface area contributed by atoms with Crippen molar-refractivity contribution in [2.75, 3.05) is 21.3 Å². The van der Waals surface area contributed by atoms with E-state index in [1.807, 2.05) is 24.4 Å². The lowest BCUT2D eigenvalue weighted by atomic mass is 10.1. The van der Waals surface area contributed by atoms with Crippen LogP contribution < -0.4 is 14.2 Å². The molecule has 3 rings (SSSR count). The molecule has 2 aromatic heterocycles. The van der Waals surface area contributed by atoms with E-state index in [0.717, 1.165) is 22.4 Å². The van der Waals surface area contributed by atoms with Gasteiger partial charge in [-0.3, -0.25) is 0 Å². The summed E-state index contributed by atoms with van der Waals surface area (Å²) in [4.78, 5) is 11.9. The maximum Gasteiger partial charge on any atom is 0.203 e. The summed E-state index contributed by atoms with van der Waals surface area (Å²) in [6.07, 6.45) is 3.52. The molecule has 0 unspecified atom stereocenters. The molecule has 0 aliphatic rings. The Morgan fingerprint density at radius 2 is 1.71 bits per heavy atom. The molecule has 21 heavy (non-hydrogen) atoms. The molecule has 0 aliphatic heterocycles. The Hall–Kier alpha value is -2.76. The van der Waals surface area contributed by atoms with Crippen molar-refractivity contribution in [3.63, 3.8) is 0 Å². The number of ether oxygens (including phenoxy) is 3. The second-order valence-electron chi connectivity index (χ2n) is 4.38. The zero-order valence-electron chi connectivity index (χ0n) is 12.0. The van der Waals surface area contributed by atoms with Crippen molar-refractivity contribution in [1.82, 2.24) is 15.0 Å². The number of aromatic nitrogens is 3. The number of methoxy groups -OCH3 is 3. The number of hydrogen-bond donors (Lipinski definition) is 1. The van der Waals surface area contributed by atoms with Gasteiger partial charge in [0.15, 0.2) is 17.1 Å². The van der Waals surface area contributed by atoms with E-state index in [1.54, 1.807) is 27.5 Å². The first-order chi connectivity index (χ1) is 10.3. The van der Waals surface area contributed by atoms with Gasteiger partial charge < -0.3 is 19.2 Å². The van der Waals surface area contributed by atoms with Crippen LogP contribution in [0.1, 0.15) is 0 Å². The molecule has 0 bridgehead atoms. The number of nitrogens with zero attached hydrogens (tertiary/aromatic N) is 2. The summed E-state index contributed by atoms with van der Waals surface area (Å²) in [5.74, 6) is 1.73. The van der Waals surface area contributed by atoms with Crippen LogP contribution in [-0.4, -0.2) is 36.3 Å². The molecule has 0 spiro atoms. The van der Waals surface area contributed by atoms with Crippen LogP contribution in [0.15, 0.2) is 30.6 Å². The molecule has 2 heterocycles. The minimum Gasteiger partial charge on any atom is -0.493 e. The van der Waals surface area contributed by atoms with Crippen molar-refractivity contribution in [2.24, 2.45) is 0 Å². The summed E-state index contributed by atoms with van der Waals surface area (Å²) in [7, 11) is 4.75. The van der Waals surface area contributed by atoms with Gasteiger partial charge in [0.25, 0.3) is 0 Å². The third-order valence-corrected chi connectivity index (χ3v) is 3.22. The molecule has 1 N–H and O–H groups in total. The number of H-pyrrole nitrogens is 1. The molecule has 6 nitrogen and oxygen atoms in total. The molecule has 0 saturated heterocycles. The summed E-state index contributed by atoms with van der Waals surface area (Å²) in [5.41, 5.74) is 3.15. The van der Waals surface area contributed by atoms with E-state index in [0.29, 0.717) is 17.2 Å².